The van der Waals surface area contributed by atoms with Gasteiger partial charge in [-0.05, 0) is 117 Å². The zero-order valence-corrected chi connectivity index (χ0v) is 33.6. The fourth-order valence-electron chi connectivity index (χ4n) is 14.9. The summed E-state index contributed by atoms with van der Waals surface area (Å²) in [6.45, 7) is 13.8. The van der Waals surface area contributed by atoms with Crippen LogP contribution in [0.15, 0.2) is 0 Å². The second-order valence-corrected chi connectivity index (χ2v) is 21.1. The van der Waals surface area contributed by atoms with Crippen LogP contribution in [0.5, 0.6) is 0 Å². The van der Waals surface area contributed by atoms with Gasteiger partial charge in [0, 0.05) is 5.92 Å². The highest BCUT2D eigenvalue weighted by atomic mass is 16.7. The number of aliphatic hydroxyl groups excluding tert-OH is 8. The number of hydrogen-bond acceptors (Lipinski definition) is 14. The molecular formula is C41H68O14. The van der Waals surface area contributed by atoms with Gasteiger partial charge in [0.2, 0.25) is 0 Å². The number of hydrogen-bond donors (Lipinski definition) is 9. The molecule has 8 aliphatic rings. The second-order valence-electron chi connectivity index (χ2n) is 21.1. The fraction of sp³-hybridized carbons (Fsp3) is 1.00. The van der Waals surface area contributed by atoms with E-state index in [0.717, 1.165) is 32.1 Å². The largest absolute Gasteiger partial charge is 0.394 e. The van der Waals surface area contributed by atoms with Gasteiger partial charge in [-0.3, -0.25) is 0 Å². The van der Waals surface area contributed by atoms with Gasteiger partial charge >= 0.3 is 0 Å². The lowest BCUT2D eigenvalue weighted by molar-refractivity contribution is -0.339. The van der Waals surface area contributed by atoms with Crippen molar-refractivity contribution in [3.05, 3.63) is 0 Å². The number of ether oxygens (including phenoxy) is 5. The van der Waals surface area contributed by atoms with Gasteiger partial charge in [0.15, 0.2) is 12.6 Å². The minimum atomic E-state index is -1.60. The SMILES string of the molecule is CC(C)(O)C1CC[C@@](C)([C@@H]2C(O)C[C@@]3(C)[C@@H]4CC(OC5OC(CO)C(O)C(O)C5O)[C@H]5C(C)(C)C(OC6OCC(O)C(O)C6O)CC[C@@]56C[C@]46CC[C@]23C)O1. The fourth-order valence-corrected chi connectivity index (χ4v) is 14.9. The third-order valence-corrected chi connectivity index (χ3v) is 17.6. The molecule has 0 aromatic rings. The van der Waals surface area contributed by atoms with E-state index >= 15 is 0 Å². The van der Waals surface area contributed by atoms with E-state index in [4.69, 9.17) is 23.7 Å². The van der Waals surface area contributed by atoms with Gasteiger partial charge < -0.3 is 69.6 Å². The van der Waals surface area contributed by atoms with E-state index < -0.39 is 96.8 Å². The molecule has 55 heavy (non-hydrogen) atoms. The van der Waals surface area contributed by atoms with Crippen LogP contribution in [-0.4, -0.2) is 150 Å². The maximum absolute atomic E-state index is 12.2. The highest BCUT2D eigenvalue weighted by Crippen LogP contribution is 2.89. The lowest BCUT2D eigenvalue weighted by Crippen LogP contribution is -2.65. The molecule has 5 aliphatic carbocycles. The lowest BCUT2D eigenvalue weighted by Gasteiger charge is -2.65. The molecule has 9 N–H and O–H groups in total. The molecule has 14 heteroatoms. The van der Waals surface area contributed by atoms with Crippen molar-refractivity contribution in [2.75, 3.05) is 13.2 Å². The smallest absolute Gasteiger partial charge is 0.186 e. The Balaban J connectivity index is 1.15. The van der Waals surface area contributed by atoms with E-state index in [9.17, 15) is 46.0 Å². The van der Waals surface area contributed by atoms with Crippen molar-refractivity contribution in [1.29, 1.82) is 0 Å². The summed E-state index contributed by atoms with van der Waals surface area (Å²) < 4.78 is 31.9. The average molecular weight is 785 g/mol. The lowest BCUT2D eigenvalue weighted by atomic mass is 9.41. The number of aliphatic hydroxyl groups is 9. The van der Waals surface area contributed by atoms with Crippen LogP contribution in [0.3, 0.4) is 0 Å². The molecule has 3 heterocycles. The van der Waals surface area contributed by atoms with Crippen LogP contribution in [0.4, 0.5) is 0 Å². The Morgan fingerprint density at radius 3 is 2.05 bits per heavy atom. The molecule has 2 spiro atoms. The van der Waals surface area contributed by atoms with Crippen LogP contribution in [0, 0.1) is 44.8 Å². The normalized spacial score (nSPS) is 58.7. The first-order valence-electron chi connectivity index (χ1n) is 20.9. The Kier molecular flexibility index (Phi) is 9.90. The van der Waals surface area contributed by atoms with Crippen LogP contribution >= 0.6 is 0 Å². The van der Waals surface area contributed by atoms with Crippen molar-refractivity contribution < 1.29 is 69.6 Å². The van der Waals surface area contributed by atoms with Gasteiger partial charge in [-0.15, -0.1) is 0 Å². The molecule has 0 aromatic heterocycles. The Hall–Kier alpha value is -0.560. The molecular weight excluding hydrogens is 716 g/mol. The zero-order valence-electron chi connectivity index (χ0n) is 33.6. The summed E-state index contributed by atoms with van der Waals surface area (Å²) in [4.78, 5) is 0. The van der Waals surface area contributed by atoms with Gasteiger partial charge in [0.05, 0.1) is 48.8 Å². The first-order valence-corrected chi connectivity index (χ1v) is 20.9. The van der Waals surface area contributed by atoms with Crippen LogP contribution in [0.1, 0.15) is 106 Å². The Morgan fingerprint density at radius 2 is 1.40 bits per heavy atom. The molecule has 3 saturated heterocycles. The summed E-state index contributed by atoms with van der Waals surface area (Å²) >= 11 is 0. The second kappa shape index (κ2) is 13.2. The predicted molar refractivity (Wildman–Crippen MR) is 194 cm³/mol. The molecule has 3 aliphatic heterocycles. The molecule has 8 rings (SSSR count). The van der Waals surface area contributed by atoms with E-state index in [2.05, 4.69) is 34.6 Å². The Bertz CT molecular complexity index is 1460. The number of rotatable bonds is 7. The zero-order chi connectivity index (χ0) is 40.1. The van der Waals surface area contributed by atoms with Crippen LogP contribution in [0.25, 0.3) is 0 Å². The molecule has 5 saturated carbocycles. The third kappa shape index (κ3) is 5.70. The first kappa shape index (κ1) is 41.2. The molecule has 13 unspecified atom stereocenters. The van der Waals surface area contributed by atoms with E-state index in [1.54, 1.807) is 13.8 Å². The minimum absolute atomic E-state index is 0.0633. The molecule has 0 amide bonds. The van der Waals surface area contributed by atoms with Crippen molar-refractivity contribution in [3.8, 4) is 0 Å². The predicted octanol–water partition coefficient (Wildman–Crippen LogP) is 0.724. The topological polar surface area (TPSA) is 228 Å². The standard InChI is InChI=1S/C41H68O14/c1-35(2)24(54-33-29(48)26(45)20(44)17-51-33)9-11-41-18-40(41)13-12-37(5)31(39(7)10-8-25(55-39)36(3,4)50)19(43)15-38(37,6)23(40)14-21(32(35)41)52-34-30(49)28(47)27(46)22(16-42)53-34/h19-34,42-50H,8-18H2,1-7H3/t19?,20?,21?,22?,23-,24?,25?,26?,27?,28?,29?,30?,31+,32-,33?,34?,37+,38-,39-,40+,41+/m0/s1. The van der Waals surface area contributed by atoms with Gasteiger partial charge in [-0.2, -0.15) is 0 Å². The maximum atomic E-state index is 12.2. The van der Waals surface area contributed by atoms with Gasteiger partial charge in [-0.1, -0.05) is 27.7 Å². The van der Waals surface area contributed by atoms with Crippen molar-refractivity contribution in [1.82, 2.24) is 0 Å². The summed E-state index contributed by atoms with van der Waals surface area (Å²) in [6.07, 6.45) is -7.48. The summed E-state index contributed by atoms with van der Waals surface area (Å²) in [5.41, 5.74) is -3.16. The number of fused-ring (bicyclic) bond motifs is 2. The summed E-state index contributed by atoms with van der Waals surface area (Å²) in [5, 5.41) is 97.2. The summed E-state index contributed by atoms with van der Waals surface area (Å²) in [5.74, 6) is -0.215. The molecule has 0 radical (unpaired) electrons. The Morgan fingerprint density at radius 1 is 0.709 bits per heavy atom. The van der Waals surface area contributed by atoms with E-state index in [1.807, 2.05) is 0 Å². The summed E-state index contributed by atoms with van der Waals surface area (Å²) in [6, 6.07) is 0. The highest BCUT2D eigenvalue weighted by molar-refractivity contribution is 5.33. The monoisotopic (exact) mass is 784 g/mol. The highest BCUT2D eigenvalue weighted by Gasteiger charge is 2.85. The maximum Gasteiger partial charge on any atom is 0.186 e. The van der Waals surface area contributed by atoms with Gasteiger partial charge in [-0.25, -0.2) is 0 Å². The average Bonchev–Trinajstić information content (AvgIpc) is 3.47. The van der Waals surface area contributed by atoms with Crippen molar-refractivity contribution in [3.63, 3.8) is 0 Å². The van der Waals surface area contributed by atoms with E-state index in [-0.39, 0.29) is 52.1 Å². The third-order valence-electron chi connectivity index (χ3n) is 17.6. The molecule has 8 fully saturated rings. The van der Waals surface area contributed by atoms with E-state index in [0.29, 0.717) is 25.7 Å². The van der Waals surface area contributed by atoms with E-state index in [1.165, 1.54) is 0 Å². The first-order chi connectivity index (χ1) is 25.5. The molecule has 21 atom stereocenters. The quantitative estimate of drug-likeness (QED) is 0.162. The Labute approximate surface area is 324 Å². The molecule has 14 nitrogen and oxygen atoms in total. The van der Waals surface area contributed by atoms with Crippen LogP contribution < -0.4 is 0 Å². The van der Waals surface area contributed by atoms with Crippen LogP contribution in [-0.2, 0) is 23.7 Å². The van der Waals surface area contributed by atoms with Gasteiger partial charge in [0.25, 0.3) is 0 Å². The van der Waals surface area contributed by atoms with Crippen molar-refractivity contribution in [2.24, 2.45) is 44.8 Å². The molecule has 0 aromatic carbocycles. The van der Waals surface area contributed by atoms with Crippen molar-refractivity contribution >= 4 is 0 Å². The van der Waals surface area contributed by atoms with Crippen molar-refractivity contribution in [2.45, 2.75) is 197 Å². The minimum Gasteiger partial charge on any atom is -0.394 e. The molecule has 316 valence electrons. The molecule has 0 bridgehead atoms. The van der Waals surface area contributed by atoms with Crippen LogP contribution in [0.2, 0.25) is 0 Å². The van der Waals surface area contributed by atoms with Gasteiger partial charge in [0.1, 0.15) is 42.7 Å². The summed E-state index contributed by atoms with van der Waals surface area (Å²) in [7, 11) is 0.